The van der Waals surface area contributed by atoms with Crippen LogP contribution in [-0.2, 0) is 14.3 Å². The van der Waals surface area contributed by atoms with Crippen LogP contribution in [-0.4, -0.2) is 38.3 Å². The predicted octanol–water partition coefficient (Wildman–Crippen LogP) is 8.43. The molecule has 3 aromatic rings. The van der Waals surface area contributed by atoms with Gasteiger partial charge in [-0.3, -0.25) is 14.7 Å². The number of esters is 1. The maximum absolute atomic E-state index is 12.4. The minimum atomic E-state index is -0.331. The Labute approximate surface area is 243 Å². The molecule has 40 heavy (non-hydrogen) atoms. The van der Waals surface area contributed by atoms with Crippen molar-refractivity contribution in [2.45, 2.75) is 117 Å². The molecule has 0 fully saturated rings. The zero-order valence-corrected chi connectivity index (χ0v) is 25.0. The summed E-state index contributed by atoms with van der Waals surface area (Å²) in [5, 5.41) is 10.8. The highest BCUT2D eigenvalue weighted by atomic mass is 35.5. The van der Waals surface area contributed by atoms with E-state index in [1.165, 1.54) is 81.7 Å². The molecule has 0 saturated heterocycles. The molecule has 0 radical (unpaired) electrons. The second kappa shape index (κ2) is 17.7. The quantitative estimate of drug-likeness (QED) is 0.105. The number of carbonyl (C=O) groups excluding carboxylic acids is 2. The Balaban J connectivity index is 1.21. The first-order chi connectivity index (χ1) is 19.5. The third kappa shape index (κ3) is 11.0. The monoisotopic (exact) mass is 571 g/mol. The first-order valence-electron chi connectivity index (χ1n) is 15.1. The van der Waals surface area contributed by atoms with Gasteiger partial charge in [-0.2, -0.15) is 4.63 Å². The van der Waals surface area contributed by atoms with Crippen LogP contribution in [0.25, 0.3) is 17.0 Å². The van der Waals surface area contributed by atoms with Crippen LogP contribution in [0.2, 0.25) is 5.02 Å². The summed E-state index contributed by atoms with van der Waals surface area (Å²) in [5.74, 6) is -0.0754. The molecular weight excluding hydrogens is 526 g/mol. The summed E-state index contributed by atoms with van der Waals surface area (Å²) in [6, 6.07) is 7.26. The van der Waals surface area contributed by atoms with Gasteiger partial charge in [0.05, 0.1) is 18.7 Å². The van der Waals surface area contributed by atoms with Crippen LogP contribution in [0.1, 0.15) is 115 Å². The number of benzene rings is 1. The molecule has 0 spiro atoms. The minimum Gasteiger partial charge on any atom is -0.466 e. The van der Waals surface area contributed by atoms with Gasteiger partial charge in [-0.1, -0.05) is 114 Å². The summed E-state index contributed by atoms with van der Waals surface area (Å²) in [4.78, 5) is 28.9. The fraction of sp³-hybridized carbons (Fsp3) is 0.613. The Morgan fingerprint density at radius 1 is 0.925 bits per heavy atom. The summed E-state index contributed by atoms with van der Waals surface area (Å²) < 4.78 is 6.84. The van der Waals surface area contributed by atoms with Crippen molar-refractivity contribution in [3.8, 4) is 11.4 Å². The number of amides is 1. The molecule has 1 amide bonds. The SMILES string of the molecule is CCCCCCCCCCCCCCCCOC(=O)CCC(=O)Nc1cccc(-c2nc3c(Cl)c(C)[nH]n3n2)c1. The van der Waals surface area contributed by atoms with Gasteiger partial charge in [0.15, 0.2) is 11.5 Å². The lowest BCUT2D eigenvalue weighted by molar-refractivity contribution is -0.144. The van der Waals surface area contributed by atoms with Crippen molar-refractivity contribution in [2.75, 3.05) is 11.9 Å². The molecular formula is C31H46ClN5O3. The number of unbranched alkanes of at least 4 members (excludes halogenated alkanes) is 13. The van der Waals surface area contributed by atoms with Crippen LogP contribution in [0.5, 0.6) is 0 Å². The van der Waals surface area contributed by atoms with E-state index in [0.717, 1.165) is 24.1 Å². The molecule has 0 aliphatic heterocycles. The average molecular weight is 572 g/mol. The Morgan fingerprint density at radius 2 is 1.55 bits per heavy atom. The number of fused-ring (bicyclic) bond motifs is 1. The molecule has 9 heteroatoms. The summed E-state index contributed by atoms with van der Waals surface area (Å²) in [6.45, 7) is 4.54. The van der Waals surface area contributed by atoms with E-state index in [1.807, 2.05) is 19.1 Å². The van der Waals surface area contributed by atoms with Crippen LogP contribution >= 0.6 is 11.6 Å². The van der Waals surface area contributed by atoms with Gasteiger partial charge in [0.2, 0.25) is 5.91 Å². The molecule has 0 atom stereocenters. The lowest BCUT2D eigenvalue weighted by Crippen LogP contribution is -2.15. The number of aromatic nitrogens is 4. The number of H-pyrrole nitrogens is 1. The fourth-order valence-electron chi connectivity index (χ4n) is 4.76. The van der Waals surface area contributed by atoms with E-state index < -0.39 is 0 Å². The third-order valence-electron chi connectivity index (χ3n) is 7.13. The first kappa shape index (κ1) is 31.7. The first-order valence-corrected chi connectivity index (χ1v) is 15.5. The van der Waals surface area contributed by atoms with E-state index >= 15 is 0 Å². The lowest BCUT2D eigenvalue weighted by Gasteiger charge is -2.07. The Bertz CT molecular complexity index is 1190. The molecule has 1 aromatic carbocycles. The number of halogens is 1. The molecule has 220 valence electrons. The van der Waals surface area contributed by atoms with Crippen LogP contribution in [0, 0.1) is 6.92 Å². The van der Waals surface area contributed by atoms with Gasteiger partial charge in [-0.15, -0.1) is 5.10 Å². The molecule has 0 aliphatic rings. The predicted molar refractivity (Wildman–Crippen MR) is 162 cm³/mol. The zero-order valence-electron chi connectivity index (χ0n) is 24.3. The molecule has 2 aromatic heterocycles. The van der Waals surface area contributed by atoms with Gasteiger partial charge in [-0.25, -0.2) is 4.98 Å². The second-order valence-corrected chi connectivity index (χ2v) is 11.0. The third-order valence-corrected chi connectivity index (χ3v) is 7.58. The van der Waals surface area contributed by atoms with Crippen molar-refractivity contribution in [2.24, 2.45) is 0 Å². The van der Waals surface area contributed by atoms with Gasteiger partial charge in [-0.05, 0) is 25.5 Å². The van der Waals surface area contributed by atoms with Crippen molar-refractivity contribution in [3.05, 3.63) is 35.0 Å². The highest BCUT2D eigenvalue weighted by Gasteiger charge is 2.14. The number of aryl methyl sites for hydroxylation is 1. The highest BCUT2D eigenvalue weighted by molar-refractivity contribution is 6.34. The van der Waals surface area contributed by atoms with Crippen LogP contribution < -0.4 is 5.32 Å². The normalized spacial score (nSPS) is 11.3. The smallest absolute Gasteiger partial charge is 0.306 e. The number of rotatable bonds is 20. The van der Waals surface area contributed by atoms with Gasteiger partial charge in [0.25, 0.3) is 0 Å². The van der Waals surface area contributed by atoms with E-state index in [-0.39, 0.29) is 24.7 Å². The van der Waals surface area contributed by atoms with Crippen molar-refractivity contribution in [3.63, 3.8) is 0 Å². The van der Waals surface area contributed by atoms with Gasteiger partial charge in [0, 0.05) is 17.7 Å². The Hall–Kier alpha value is -2.87. The maximum atomic E-state index is 12.4. The summed E-state index contributed by atoms with van der Waals surface area (Å²) >= 11 is 6.25. The number of nitrogens with zero attached hydrogens (tertiary/aromatic N) is 3. The molecule has 0 bridgehead atoms. The van der Waals surface area contributed by atoms with Crippen molar-refractivity contribution in [1.82, 2.24) is 19.8 Å². The largest absolute Gasteiger partial charge is 0.466 e. The number of hydrogen-bond donors (Lipinski definition) is 2. The molecule has 2 N–H and O–H groups in total. The molecule has 8 nitrogen and oxygen atoms in total. The van der Waals surface area contributed by atoms with Crippen LogP contribution in [0.4, 0.5) is 5.69 Å². The van der Waals surface area contributed by atoms with E-state index in [9.17, 15) is 9.59 Å². The number of hydrogen-bond acceptors (Lipinski definition) is 5. The zero-order chi connectivity index (χ0) is 28.6. The van der Waals surface area contributed by atoms with E-state index in [4.69, 9.17) is 16.3 Å². The highest BCUT2D eigenvalue weighted by Crippen LogP contribution is 2.25. The summed E-state index contributed by atoms with van der Waals surface area (Å²) in [7, 11) is 0. The Kier molecular flexibility index (Phi) is 14.0. The number of nitrogens with one attached hydrogen (secondary N) is 2. The molecule has 0 unspecified atom stereocenters. The van der Waals surface area contributed by atoms with Crippen molar-refractivity contribution < 1.29 is 14.3 Å². The van der Waals surface area contributed by atoms with Gasteiger partial charge < -0.3 is 10.1 Å². The number of anilines is 1. The van der Waals surface area contributed by atoms with Crippen molar-refractivity contribution in [1.29, 1.82) is 0 Å². The summed E-state index contributed by atoms with van der Waals surface area (Å²) in [5.41, 5.74) is 2.70. The number of carbonyl (C=O) groups is 2. The number of ether oxygens (including phenoxy) is 1. The van der Waals surface area contributed by atoms with Gasteiger partial charge in [0.1, 0.15) is 5.02 Å². The van der Waals surface area contributed by atoms with Crippen molar-refractivity contribution >= 4 is 34.8 Å². The molecule has 0 aliphatic carbocycles. The van der Waals surface area contributed by atoms with E-state index in [0.29, 0.717) is 28.8 Å². The van der Waals surface area contributed by atoms with Crippen LogP contribution in [0.3, 0.4) is 0 Å². The van der Waals surface area contributed by atoms with E-state index in [2.05, 4.69) is 27.4 Å². The lowest BCUT2D eigenvalue weighted by atomic mass is 10.0. The molecule has 0 saturated carbocycles. The molecule has 3 rings (SSSR count). The fourth-order valence-corrected chi connectivity index (χ4v) is 4.92. The molecule has 2 heterocycles. The van der Waals surface area contributed by atoms with E-state index in [1.54, 1.807) is 12.1 Å². The second-order valence-electron chi connectivity index (χ2n) is 10.7. The van der Waals surface area contributed by atoms with Gasteiger partial charge >= 0.3 is 5.97 Å². The topological polar surface area (TPSA) is 101 Å². The Morgan fingerprint density at radius 3 is 2.17 bits per heavy atom. The maximum Gasteiger partial charge on any atom is 0.306 e. The standard InChI is InChI=1S/C31H46ClN5O3/c1-3-4-5-6-7-8-9-10-11-12-13-14-15-16-22-40-28(39)21-20-27(38)33-26-19-17-18-25(23-26)30-34-31-29(32)24(2)35-37(31)36-30/h17-19,23,35H,3-16,20-22H2,1-2H3,(H,33,38). The number of aromatic amines is 1. The average Bonchev–Trinajstić information content (AvgIpc) is 3.48. The summed E-state index contributed by atoms with van der Waals surface area (Å²) in [6.07, 6.45) is 18.2. The minimum absolute atomic E-state index is 0.0648. The van der Waals surface area contributed by atoms with Crippen LogP contribution in [0.15, 0.2) is 24.3 Å².